The van der Waals surface area contributed by atoms with Crippen molar-refractivity contribution in [1.29, 1.82) is 0 Å². The van der Waals surface area contributed by atoms with Crippen molar-refractivity contribution in [2.45, 2.75) is 13.8 Å². The van der Waals surface area contributed by atoms with Crippen LogP contribution in [-0.4, -0.2) is 49.0 Å². The molecule has 1 heterocycles. The third-order valence-corrected chi connectivity index (χ3v) is 3.34. The fourth-order valence-electron chi connectivity index (χ4n) is 1.40. The van der Waals surface area contributed by atoms with E-state index in [1.807, 2.05) is 18.7 Å². The normalized spacial score (nSPS) is 10.2. The summed E-state index contributed by atoms with van der Waals surface area (Å²) < 4.78 is 9.57. The maximum atomic E-state index is 11.8. The zero-order chi connectivity index (χ0) is 13.7. The van der Waals surface area contributed by atoms with Gasteiger partial charge in [-0.05, 0) is 25.4 Å². The van der Waals surface area contributed by atoms with Crippen LogP contribution in [0.15, 0.2) is 0 Å². The molecule has 0 unspecified atom stereocenters. The predicted octanol–water partition coefficient (Wildman–Crippen LogP) is 1.04. The van der Waals surface area contributed by atoms with Gasteiger partial charge in [0.25, 0.3) is 0 Å². The van der Waals surface area contributed by atoms with Crippen molar-refractivity contribution in [3.63, 3.8) is 0 Å². The molecular weight excluding hydrogens is 252 g/mol. The molecule has 0 bridgehead atoms. The Labute approximate surface area is 111 Å². The van der Waals surface area contributed by atoms with Gasteiger partial charge in [0, 0.05) is 20.6 Å². The van der Waals surface area contributed by atoms with Crippen LogP contribution in [-0.2, 0) is 4.79 Å². The molecule has 0 aliphatic rings. The van der Waals surface area contributed by atoms with Crippen LogP contribution in [0.5, 0.6) is 5.75 Å². The first kappa shape index (κ1) is 14.6. The highest BCUT2D eigenvalue weighted by Gasteiger charge is 2.20. The van der Waals surface area contributed by atoms with Gasteiger partial charge in [-0.25, -0.2) is 0 Å². The molecule has 0 aromatic carbocycles. The summed E-state index contributed by atoms with van der Waals surface area (Å²) in [6, 6.07) is 0. The molecule has 1 amide bonds. The van der Waals surface area contributed by atoms with Crippen molar-refractivity contribution >= 4 is 28.3 Å². The largest absolute Gasteiger partial charge is 0.487 e. The monoisotopic (exact) mass is 272 g/mol. The van der Waals surface area contributed by atoms with Gasteiger partial charge in [0.1, 0.15) is 0 Å². The minimum atomic E-state index is 0.0336. The molecule has 102 valence electrons. The van der Waals surface area contributed by atoms with Crippen molar-refractivity contribution in [3.8, 4) is 5.75 Å². The molecule has 18 heavy (non-hydrogen) atoms. The first-order valence-electron chi connectivity index (χ1n) is 5.84. The van der Waals surface area contributed by atoms with Crippen molar-refractivity contribution in [2.75, 3.05) is 44.4 Å². The maximum Gasteiger partial charge on any atom is 0.241 e. The second-order valence-corrected chi connectivity index (χ2v) is 4.69. The van der Waals surface area contributed by atoms with E-state index in [4.69, 9.17) is 10.5 Å². The number of carbonyl (C=O) groups is 1. The SMILES string of the molecule is CCOc1c(N)nsc1N(CC)CC(=O)N(C)C. The number of aromatic nitrogens is 1. The molecular formula is C11H20N4O2S. The van der Waals surface area contributed by atoms with Crippen molar-refractivity contribution < 1.29 is 9.53 Å². The van der Waals surface area contributed by atoms with Gasteiger partial charge >= 0.3 is 0 Å². The highest BCUT2D eigenvalue weighted by molar-refractivity contribution is 7.11. The van der Waals surface area contributed by atoms with Crippen LogP contribution in [0.25, 0.3) is 0 Å². The number of hydrogen-bond donors (Lipinski definition) is 1. The van der Waals surface area contributed by atoms with E-state index in [9.17, 15) is 4.79 Å². The summed E-state index contributed by atoms with van der Waals surface area (Å²) in [5.41, 5.74) is 5.76. The standard InChI is InChI=1S/C11H20N4O2S/c1-5-15(7-8(16)14(3)4)11-9(17-6-2)10(12)13-18-11/h5-7H2,1-4H3,(H2,12,13). The van der Waals surface area contributed by atoms with E-state index >= 15 is 0 Å². The van der Waals surface area contributed by atoms with Gasteiger partial charge in [0.2, 0.25) is 5.91 Å². The van der Waals surface area contributed by atoms with Crippen molar-refractivity contribution in [3.05, 3.63) is 0 Å². The van der Waals surface area contributed by atoms with Crippen LogP contribution in [0.4, 0.5) is 10.8 Å². The Hall–Kier alpha value is -1.50. The number of likely N-dealkylation sites (N-methyl/N-ethyl adjacent to an activating group) is 2. The van der Waals surface area contributed by atoms with Gasteiger partial charge in [-0.2, -0.15) is 4.37 Å². The average Bonchev–Trinajstić information content (AvgIpc) is 2.68. The molecule has 1 aromatic heterocycles. The first-order valence-corrected chi connectivity index (χ1v) is 6.61. The van der Waals surface area contributed by atoms with Crippen LogP contribution in [0, 0.1) is 0 Å². The van der Waals surface area contributed by atoms with E-state index in [-0.39, 0.29) is 5.91 Å². The summed E-state index contributed by atoms with van der Waals surface area (Å²) in [5.74, 6) is 0.995. The number of anilines is 2. The summed E-state index contributed by atoms with van der Waals surface area (Å²) in [6.07, 6.45) is 0. The highest BCUT2D eigenvalue weighted by atomic mass is 32.1. The van der Waals surface area contributed by atoms with E-state index in [0.717, 1.165) is 5.00 Å². The molecule has 6 nitrogen and oxygen atoms in total. The zero-order valence-electron chi connectivity index (χ0n) is 11.3. The summed E-state index contributed by atoms with van der Waals surface area (Å²) in [5, 5.41) is 0.812. The lowest BCUT2D eigenvalue weighted by molar-refractivity contribution is -0.127. The average molecular weight is 272 g/mol. The van der Waals surface area contributed by atoms with Gasteiger partial charge in [0.15, 0.2) is 16.6 Å². The van der Waals surface area contributed by atoms with Crippen LogP contribution in [0.2, 0.25) is 0 Å². The lowest BCUT2D eigenvalue weighted by Crippen LogP contribution is -2.36. The number of carbonyl (C=O) groups excluding carboxylic acids is 1. The molecule has 0 spiro atoms. The molecule has 0 atom stereocenters. The Morgan fingerprint density at radius 1 is 1.44 bits per heavy atom. The van der Waals surface area contributed by atoms with Crippen molar-refractivity contribution in [1.82, 2.24) is 9.27 Å². The molecule has 2 N–H and O–H groups in total. The second kappa shape index (κ2) is 6.44. The summed E-state index contributed by atoms with van der Waals surface area (Å²) in [7, 11) is 3.47. The Bertz CT molecular complexity index is 406. The molecule has 0 aliphatic heterocycles. The minimum absolute atomic E-state index is 0.0336. The fraction of sp³-hybridized carbons (Fsp3) is 0.636. The van der Waals surface area contributed by atoms with Crippen LogP contribution >= 0.6 is 11.5 Å². The van der Waals surface area contributed by atoms with E-state index in [2.05, 4.69) is 4.37 Å². The van der Waals surface area contributed by atoms with Gasteiger partial charge in [-0.1, -0.05) is 0 Å². The first-order chi connectivity index (χ1) is 8.51. The van der Waals surface area contributed by atoms with E-state index < -0.39 is 0 Å². The summed E-state index contributed by atoms with van der Waals surface area (Å²) >= 11 is 1.26. The molecule has 1 aromatic rings. The van der Waals surface area contributed by atoms with E-state index in [0.29, 0.717) is 31.3 Å². The minimum Gasteiger partial charge on any atom is -0.487 e. The van der Waals surface area contributed by atoms with Gasteiger partial charge in [-0.3, -0.25) is 4.79 Å². The van der Waals surface area contributed by atoms with Gasteiger partial charge < -0.3 is 20.3 Å². The Morgan fingerprint density at radius 3 is 2.61 bits per heavy atom. The highest BCUT2D eigenvalue weighted by Crippen LogP contribution is 2.38. The number of nitrogen functional groups attached to an aromatic ring is 1. The molecule has 0 fully saturated rings. The number of ether oxygens (including phenoxy) is 1. The zero-order valence-corrected chi connectivity index (χ0v) is 12.1. The number of rotatable bonds is 6. The molecule has 0 radical (unpaired) electrons. The van der Waals surface area contributed by atoms with Crippen LogP contribution < -0.4 is 15.4 Å². The summed E-state index contributed by atoms with van der Waals surface area (Å²) in [4.78, 5) is 15.2. The fourth-order valence-corrected chi connectivity index (χ4v) is 2.22. The van der Waals surface area contributed by atoms with E-state index in [1.54, 1.807) is 19.0 Å². The molecule has 0 aliphatic carbocycles. The third-order valence-electron chi connectivity index (χ3n) is 2.44. The Morgan fingerprint density at radius 2 is 2.11 bits per heavy atom. The predicted molar refractivity (Wildman–Crippen MR) is 74.3 cm³/mol. The Balaban J connectivity index is 2.91. The summed E-state index contributed by atoms with van der Waals surface area (Å²) in [6.45, 7) is 5.39. The molecule has 1 rings (SSSR count). The molecule has 0 saturated heterocycles. The van der Waals surface area contributed by atoms with E-state index in [1.165, 1.54) is 11.5 Å². The molecule has 7 heteroatoms. The number of hydrogen-bond acceptors (Lipinski definition) is 6. The lowest BCUT2D eigenvalue weighted by atomic mass is 10.4. The second-order valence-electron chi connectivity index (χ2n) is 3.94. The van der Waals surface area contributed by atoms with Crippen LogP contribution in [0.3, 0.4) is 0 Å². The number of nitrogens with zero attached hydrogens (tertiary/aromatic N) is 3. The number of nitrogens with two attached hydrogens (primary N) is 1. The third kappa shape index (κ3) is 3.25. The topological polar surface area (TPSA) is 71.7 Å². The quantitative estimate of drug-likeness (QED) is 0.837. The maximum absolute atomic E-state index is 11.8. The Kier molecular flexibility index (Phi) is 5.21. The van der Waals surface area contributed by atoms with Gasteiger partial charge in [0.05, 0.1) is 13.2 Å². The smallest absolute Gasteiger partial charge is 0.241 e. The van der Waals surface area contributed by atoms with Crippen LogP contribution in [0.1, 0.15) is 13.8 Å². The molecule has 0 saturated carbocycles. The van der Waals surface area contributed by atoms with Gasteiger partial charge in [-0.15, -0.1) is 0 Å². The van der Waals surface area contributed by atoms with Crippen molar-refractivity contribution in [2.24, 2.45) is 0 Å². The lowest BCUT2D eigenvalue weighted by Gasteiger charge is -2.23. The number of amides is 1.